The topological polar surface area (TPSA) is 51.6 Å². The van der Waals surface area contributed by atoms with E-state index in [1.807, 2.05) is 12.3 Å². The third kappa shape index (κ3) is 5.77. The number of rotatable bonds is 5. The van der Waals surface area contributed by atoms with E-state index < -0.39 is 5.41 Å². The summed E-state index contributed by atoms with van der Waals surface area (Å²) in [7, 11) is 0. The Bertz CT molecular complexity index is 3600. The summed E-state index contributed by atoms with van der Waals surface area (Å²) in [5.74, 6) is 1.84. The molecule has 4 nitrogen and oxygen atoms in total. The normalized spacial score (nSPS) is 12.7. The Kier molecular flexibility index (Phi) is 8.40. The Balaban J connectivity index is 1.04. The molecule has 2 heterocycles. The van der Waals surface area contributed by atoms with Gasteiger partial charge in [0.1, 0.15) is 0 Å². The first-order valence-electron chi connectivity index (χ1n) is 22.1. The molecular formula is C61H38N4. The molecule has 0 radical (unpaired) electrons. The highest BCUT2D eigenvalue weighted by molar-refractivity contribution is 5.99. The van der Waals surface area contributed by atoms with Crippen molar-refractivity contribution in [1.29, 1.82) is 0 Å². The number of nitrogens with zero attached hydrogens (tertiary/aromatic N) is 4. The quantitative estimate of drug-likeness (QED) is 0.173. The highest BCUT2D eigenvalue weighted by atomic mass is 15.0. The second-order valence-corrected chi connectivity index (χ2v) is 16.9. The van der Waals surface area contributed by atoms with Crippen molar-refractivity contribution in [1.82, 2.24) is 19.9 Å². The predicted molar refractivity (Wildman–Crippen MR) is 264 cm³/mol. The minimum absolute atomic E-state index is 0.609. The number of hydrogen-bond acceptors (Lipinski definition) is 4. The van der Waals surface area contributed by atoms with Crippen LogP contribution in [-0.2, 0) is 5.41 Å². The third-order valence-corrected chi connectivity index (χ3v) is 13.5. The molecule has 0 saturated heterocycles. The molecule has 2 aliphatic rings. The molecule has 0 fully saturated rings. The van der Waals surface area contributed by atoms with Crippen LogP contribution in [0.15, 0.2) is 231 Å². The number of benzene rings is 9. The van der Waals surface area contributed by atoms with Gasteiger partial charge in [0.15, 0.2) is 17.5 Å². The maximum absolute atomic E-state index is 5.35. The number of pyridine rings is 1. The van der Waals surface area contributed by atoms with Gasteiger partial charge in [-0.2, -0.15) is 0 Å². The maximum atomic E-state index is 5.35. The van der Waals surface area contributed by atoms with E-state index in [1.54, 1.807) is 6.20 Å². The van der Waals surface area contributed by atoms with Crippen LogP contribution in [0.3, 0.4) is 0 Å². The summed E-state index contributed by atoms with van der Waals surface area (Å²) in [4.78, 5) is 20.2. The fraction of sp³-hybridized carbons (Fsp3) is 0.0164. The van der Waals surface area contributed by atoms with Crippen LogP contribution in [-0.4, -0.2) is 19.9 Å². The lowest BCUT2D eigenvalue weighted by atomic mass is 9.65. The van der Waals surface area contributed by atoms with Crippen molar-refractivity contribution >= 4 is 10.8 Å². The van der Waals surface area contributed by atoms with Gasteiger partial charge in [-0.25, -0.2) is 15.0 Å². The standard InChI is InChI=1S/C61H38N4/c1-2-16-46-40(13-1)14-11-22-47(46)41-28-32-43(33-29-41)59-63-58(42-30-26-39(27-31-42)45-15-12-36-62-38-45)64-60(65-59)44-34-35-53-49-18-4-3-17-48(49)50-19-5-8-23-54(50)61(57(53)37-44)55-24-9-6-20-51(55)52-21-7-10-25-56(52)61/h1-38H. The average molecular weight is 827 g/mol. The summed E-state index contributed by atoms with van der Waals surface area (Å²) in [5, 5.41) is 2.44. The molecule has 0 bridgehead atoms. The molecular weight excluding hydrogens is 789 g/mol. The predicted octanol–water partition coefficient (Wildman–Crippen LogP) is 14.8. The van der Waals surface area contributed by atoms with Crippen molar-refractivity contribution in [2.75, 3.05) is 0 Å². The summed E-state index contributed by atoms with van der Waals surface area (Å²) in [6.07, 6.45) is 3.69. The van der Waals surface area contributed by atoms with Gasteiger partial charge in [0.2, 0.25) is 0 Å². The van der Waals surface area contributed by atoms with E-state index >= 15 is 0 Å². The van der Waals surface area contributed by atoms with Gasteiger partial charge in [-0.05, 0) is 101 Å². The molecule has 11 aromatic rings. The van der Waals surface area contributed by atoms with Crippen LogP contribution in [0.2, 0.25) is 0 Å². The molecule has 2 aromatic heterocycles. The highest BCUT2D eigenvalue weighted by Gasteiger charge is 2.49. The van der Waals surface area contributed by atoms with Crippen LogP contribution >= 0.6 is 0 Å². The summed E-state index contributed by atoms with van der Waals surface area (Å²) in [5.41, 5.74) is 19.0. The molecule has 13 rings (SSSR count). The van der Waals surface area contributed by atoms with Gasteiger partial charge in [-0.15, -0.1) is 0 Å². The molecule has 65 heavy (non-hydrogen) atoms. The third-order valence-electron chi connectivity index (χ3n) is 13.5. The van der Waals surface area contributed by atoms with Crippen molar-refractivity contribution in [3.8, 4) is 89.8 Å². The average Bonchev–Trinajstić information content (AvgIpc) is 3.63. The van der Waals surface area contributed by atoms with Crippen LogP contribution in [0.1, 0.15) is 22.3 Å². The second kappa shape index (κ2) is 14.8. The van der Waals surface area contributed by atoms with E-state index in [2.05, 4.69) is 217 Å². The monoisotopic (exact) mass is 826 g/mol. The molecule has 0 amide bonds. The zero-order valence-corrected chi connectivity index (χ0v) is 35.2. The summed E-state index contributed by atoms with van der Waals surface area (Å²) in [6.45, 7) is 0. The van der Waals surface area contributed by atoms with Crippen molar-refractivity contribution < 1.29 is 0 Å². The number of fused-ring (bicyclic) bond motifs is 13. The zero-order chi connectivity index (χ0) is 42.9. The Hall–Kier alpha value is -8.60. The fourth-order valence-electron chi connectivity index (χ4n) is 10.6. The largest absolute Gasteiger partial charge is 0.264 e. The van der Waals surface area contributed by atoms with E-state index in [0.717, 1.165) is 33.4 Å². The van der Waals surface area contributed by atoms with E-state index in [4.69, 9.17) is 15.0 Å². The van der Waals surface area contributed by atoms with Crippen LogP contribution in [0.5, 0.6) is 0 Å². The second-order valence-electron chi connectivity index (χ2n) is 16.9. The molecule has 4 heteroatoms. The lowest BCUT2D eigenvalue weighted by molar-refractivity contribution is 0.775. The van der Waals surface area contributed by atoms with Crippen molar-refractivity contribution in [3.63, 3.8) is 0 Å². The molecule has 0 N–H and O–H groups in total. The number of hydrogen-bond donors (Lipinski definition) is 0. The Morgan fingerprint density at radius 2 is 0.723 bits per heavy atom. The van der Waals surface area contributed by atoms with Gasteiger partial charge >= 0.3 is 0 Å². The summed E-state index contributed by atoms with van der Waals surface area (Å²) < 4.78 is 0. The molecule has 2 aliphatic carbocycles. The van der Waals surface area contributed by atoms with E-state index in [9.17, 15) is 0 Å². The molecule has 0 unspecified atom stereocenters. The van der Waals surface area contributed by atoms with Gasteiger partial charge in [0, 0.05) is 29.1 Å². The molecule has 0 atom stereocenters. The van der Waals surface area contributed by atoms with E-state index in [-0.39, 0.29) is 0 Å². The minimum Gasteiger partial charge on any atom is -0.264 e. The van der Waals surface area contributed by atoms with Gasteiger partial charge in [0.25, 0.3) is 0 Å². The summed E-state index contributed by atoms with van der Waals surface area (Å²) >= 11 is 0. The maximum Gasteiger partial charge on any atom is 0.164 e. The van der Waals surface area contributed by atoms with Gasteiger partial charge in [-0.1, -0.05) is 206 Å². The molecule has 302 valence electrons. The van der Waals surface area contributed by atoms with Gasteiger partial charge in [-0.3, -0.25) is 4.98 Å². The molecule has 1 spiro atoms. The fourth-order valence-corrected chi connectivity index (χ4v) is 10.6. The van der Waals surface area contributed by atoms with Gasteiger partial charge < -0.3 is 0 Å². The first kappa shape index (κ1) is 37.0. The van der Waals surface area contributed by atoms with Crippen molar-refractivity contribution in [3.05, 3.63) is 253 Å². The Morgan fingerprint density at radius 1 is 0.277 bits per heavy atom. The molecule has 9 aromatic carbocycles. The van der Waals surface area contributed by atoms with Crippen molar-refractivity contribution in [2.24, 2.45) is 0 Å². The SMILES string of the molecule is c1cncc(-c2ccc(-c3nc(-c4ccc(-c5cccc6ccccc56)cc4)nc(-c4ccc5c(c4)C4(c6ccccc6-c6ccccc6-5)c5ccccc5-c5ccccc54)n3)cc2)c1. The van der Waals surface area contributed by atoms with Crippen LogP contribution in [0.25, 0.3) is 101 Å². The van der Waals surface area contributed by atoms with Gasteiger partial charge in [0.05, 0.1) is 5.41 Å². The lowest BCUT2D eigenvalue weighted by Gasteiger charge is -2.35. The highest BCUT2D eigenvalue weighted by Crippen LogP contribution is 2.61. The molecule has 0 aliphatic heterocycles. The summed E-state index contributed by atoms with van der Waals surface area (Å²) in [6, 6.07) is 78.7. The van der Waals surface area contributed by atoms with E-state index in [0.29, 0.717) is 17.5 Å². The van der Waals surface area contributed by atoms with Crippen molar-refractivity contribution in [2.45, 2.75) is 5.41 Å². The van der Waals surface area contributed by atoms with Crippen LogP contribution < -0.4 is 0 Å². The smallest absolute Gasteiger partial charge is 0.164 e. The Labute approximate surface area is 377 Å². The Morgan fingerprint density at radius 3 is 1.32 bits per heavy atom. The first-order valence-corrected chi connectivity index (χ1v) is 22.1. The lowest BCUT2D eigenvalue weighted by Crippen LogP contribution is -2.29. The number of aromatic nitrogens is 4. The minimum atomic E-state index is -0.619. The molecule has 0 saturated carbocycles. The van der Waals surface area contributed by atoms with Crippen LogP contribution in [0.4, 0.5) is 0 Å². The van der Waals surface area contributed by atoms with E-state index in [1.165, 1.54) is 72.0 Å². The first-order chi connectivity index (χ1) is 32.2. The zero-order valence-electron chi connectivity index (χ0n) is 35.2. The van der Waals surface area contributed by atoms with Crippen LogP contribution in [0, 0.1) is 0 Å².